The van der Waals surface area contributed by atoms with E-state index in [9.17, 15) is 17.7 Å². The Bertz CT molecular complexity index is 131. The highest BCUT2D eigenvalue weighted by Gasteiger charge is 2.14. The average molecular weight is 185 g/mol. The number of carbonyl (C=O) groups is 1. The molecule has 0 aliphatic carbocycles. The Kier molecular flexibility index (Phi) is 8.03. The smallest absolute Gasteiger partial charge is 0.480 e. The van der Waals surface area contributed by atoms with Gasteiger partial charge in [0.15, 0.2) is 0 Å². The summed E-state index contributed by atoms with van der Waals surface area (Å²) in [7, 11) is -3.67. The summed E-state index contributed by atoms with van der Waals surface area (Å²) in [5.41, 5.74) is 5.16. The first-order valence-corrected chi connectivity index (χ1v) is 3.19. The van der Waals surface area contributed by atoms with Crippen molar-refractivity contribution >= 4 is 13.5 Å². The topological polar surface area (TPSA) is 63.3 Å². The lowest BCUT2D eigenvalue weighted by molar-refractivity contribution is -0.139. The van der Waals surface area contributed by atoms with Gasteiger partial charge in [-0.2, -0.15) is 0 Å². The molecular weight excluding hydrogens is 174 g/mol. The highest BCUT2D eigenvalue weighted by Crippen LogP contribution is 1.96. The van der Waals surface area contributed by atoms with Gasteiger partial charge in [0.2, 0.25) is 0 Å². The molecule has 0 spiro atoms. The van der Waals surface area contributed by atoms with Crippen molar-refractivity contribution in [2.45, 2.75) is 19.9 Å². The summed E-state index contributed by atoms with van der Waals surface area (Å²) in [5.74, 6) is -0.910. The average Bonchev–Trinajstić information content (AvgIpc) is 1.84. The van der Waals surface area contributed by atoms with Crippen LogP contribution in [0.2, 0.25) is 0 Å². The molecule has 7 heteroatoms. The molecule has 0 saturated heterocycles. The predicted octanol–water partition coefficient (Wildman–Crippen LogP) is 0.934. The third-order valence-electron chi connectivity index (χ3n) is 1.00. The van der Waals surface area contributed by atoms with Gasteiger partial charge in [-0.25, -0.2) is 0 Å². The summed E-state index contributed by atoms with van der Waals surface area (Å²) in [6.07, 6.45) is 0. The number of aliphatic carboxylic acids is 1. The molecule has 0 aromatic heterocycles. The molecule has 1 atom stereocenters. The van der Waals surface area contributed by atoms with E-state index >= 15 is 0 Å². The summed E-state index contributed by atoms with van der Waals surface area (Å²) in [6, 6.07) is -0.713. The Labute approximate surface area is 69.0 Å². The molecule has 0 bridgehead atoms. The van der Waals surface area contributed by atoms with E-state index in [-0.39, 0.29) is 5.92 Å². The maximum atomic E-state index is 10.0. The summed E-state index contributed by atoms with van der Waals surface area (Å²) in [5, 5.41) is 8.23. The van der Waals surface area contributed by atoms with E-state index in [1.807, 2.05) is 0 Å². The zero-order valence-electron chi connectivity index (χ0n) is 6.80. The van der Waals surface area contributed by atoms with Crippen molar-refractivity contribution in [1.29, 1.82) is 0 Å². The quantitative estimate of drug-likeness (QED) is 0.629. The fourth-order valence-corrected chi connectivity index (χ4v) is 0.285. The maximum Gasteiger partial charge on any atom is 0.762 e. The van der Waals surface area contributed by atoms with E-state index in [4.69, 9.17) is 10.8 Å². The Morgan fingerprint density at radius 2 is 1.67 bits per heavy atom. The van der Waals surface area contributed by atoms with Gasteiger partial charge in [0, 0.05) is 0 Å². The number of nitrogens with two attached hydrogens (primary N) is 1. The number of rotatable bonds is 2. The number of hydrogen-bond donors (Lipinski definition) is 2. The monoisotopic (exact) mass is 185 g/mol. The molecule has 0 radical (unpaired) electrons. The van der Waals surface area contributed by atoms with Gasteiger partial charge in [-0.15, -0.1) is 0 Å². The summed E-state index contributed by atoms with van der Waals surface area (Å²) >= 11 is 0. The molecule has 0 fully saturated rings. The van der Waals surface area contributed by atoms with Crippen molar-refractivity contribution in [3.63, 3.8) is 0 Å². The fraction of sp³-hybridized carbons (Fsp3) is 0.800. The van der Waals surface area contributed by atoms with Crippen LogP contribution in [0.4, 0.5) is 12.9 Å². The third kappa shape index (κ3) is 12.0. The molecule has 0 saturated carbocycles. The molecule has 0 aliphatic heterocycles. The van der Waals surface area contributed by atoms with Crippen LogP contribution < -0.4 is 5.73 Å². The largest absolute Gasteiger partial charge is 0.762 e. The van der Waals surface area contributed by atoms with Crippen molar-refractivity contribution in [3.8, 4) is 0 Å². The molecule has 0 aromatic carbocycles. The van der Waals surface area contributed by atoms with Gasteiger partial charge in [0.05, 0.1) is 0 Å². The maximum absolute atomic E-state index is 10.0. The minimum Gasteiger partial charge on any atom is -0.480 e. The fourth-order valence-electron chi connectivity index (χ4n) is 0.285. The number of carboxylic acid groups (broad SMARTS) is 1. The van der Waals surface area contributed by atoms with Gasteiger partial charge < -0.3 is 10.8 Å². The zero-order chi connectivity index (χ0) is 10.3. The first-order valence-electron chi connectivity index (χ1n) is 3.19. The van der Waals surface area contributed by atoms with Crippen LogP contribution >= 0.6 is 0 Å². The highest BCUT2D eigenvalue weighted by atomic mass is 19.4. The second-order valence-electron chi connectivity index (χ2n) is 2.36. The Morgan fingerprint density at radius 3 is 1.67 bits per heavy atom. The van der Waals surface area contributed by atoms with Gasteiger partial charge in [0.1, 0.15) is 6.04 Å². The van der Waals surface area contributed by atoms with Crippen molar-refractivity contribution < 1.29 is 22.8 Å². The summed E-state index contributed by atoms with van der Waals surface area (Å²) < 4.78 is 29.0. The molecule has 0 amide bonds. The minimum absolute atomic E-state index is 0.0208. The van der Waals surface area contributed by atoms with Gasteiger partial charge in [-0.05, 0) is 5.92 Å². The first kappa shape index (κ1) is 13.8. The number of halogens is 3. The van der Waals surface area contributed by atoms with E-state index in [2.05, 4.69) is 0 Å². The van der Waals surface area contributed by atoms with Crippen LogP contribution in [0.5, 0.6) is 0 Å². The van der Waals surface area contributed by atoms with Gasteiger partial charge in [0.25, 0.3) is 0 Å². The van der Waals surface area contributed by atoms with Crippen LogP contribution in [-0.4, -0.2) is 24.7 Å². The Morgan fingerprint density at radius 1 is 1.42 bits per heavy atom. The summed E-state index contributed by atoms with van der Waals surface area (Å²) in [6.45, 7) is 3.55. The van der Waals surface area contributed by atoms with E-state index in [1.54, 1.807) is 13.8 Å². The lowest BCUT2D eigenvalue weighted by Gasteiger charge is -2.07. The van der Waals surface area contributed by atoms with E-state index in [1.165, 1.54) is 0 Å². The van der Waals surface area contributed by atoms with Crippen LogP contribution in [0, 0.1) is 5.92 Å². The molecule has 12 heavy (non-hydrogen) atoms. The van der Waals surface area contributed by atoms with E-state index in [0.29, 0.717) is 0 Å². The van der Waals surface area contributed by atoms with Gasteiger partial charge in [-0.1, -0.05) is 13.8 Å². The third-order valence-corrected chi connectivity index (χ3v) is 1.00. The SMILES string of the molecule is CC(C)C(N)C(=O)O.FB(F)F. The van der Waals surface area contributed by atoms with Gasteiger partial charge >= 0.3 is 13.5 Å². The first-order chi connectivity index (χ1) is 5.29. The molecule has 0 rings (SSSR count). The molecule has 0 aliphatic rings. The second kappa shape index (κ2) is 6.96. The number of carboxylic acids is 1. The number of hydrogen-bond acceptors (Lipinski definition) is 2. The molecule has 3 N–H and O–H groups in total. The van der Waals surface area contributed by atoms with Gasteiger partial charge in [-0.3, -0.25) is 17.7 Å². The highest BCUT2D eigenvalue weighted by molar-refractivity contribution is 6.33. The standard InChI is InChI=1S/C5H11NO2.BF3/c1-3(2)4(6)5(7)8;2-1(3)4/h3-4H,6H2,1-2H3,(H,7,8);. The van der Waals surface area contributed by atoms with Crippen LogP contribution in [0.15, 0.2) is 0 Å². The Balaban J connectivity index is 0. The van der Waals surface area contributed by atoms with Crippen LogP contribution in [0.3, 0.4) is 0 Å². The van der Waals surface area contributed by atoms with Crippen LogP contribution in [0.1, 0.15) is 13.8 Å². The summed E-state index contributed by atoms with van der Waals surface area (Å²) in [4.78, 5) is 10.0. The molecule has 3 nitrogen and oxygen atoms in total. The lowest BCUT2D eigenvalue weighted by atomic mass is 10.1. The lowest BCUT2D eigenvalue weighted by Crippen LogP contribution is -2.34. The molecule has 0 heterocycles. The zero-order valence-corrected chi connectivity index (χ0v) is 6.80. The predicted molar refractivity (Wildman–Crippen MR) is 39.5 cm³/mol. The molecule has 72 valence electrons. The van der Waals surface area contributed by atoms with E-state index in [0.717, 1.165) is 0 Å². The van der Waals surface area contributed by atoms with Crippen LogP contribution in [-0.2, 0) is 4.79 Å². The van der Waals surface area contributed by atoms with Crippen molar-refractivity contribution in [1.82, 2.24) is 0 Å². The normalized spacial score (nSPS) is 11.6. The van der Waals surface area contributed by atoms with Crippen molar-refractivity contribution in [2.24, 2.45) is 11.7 Å². The van der Waals surface area contributed by atoms with Crippen molar-refractivity contribution in [3.05, 3.63) is 0 Å². The molecular formula is C5H11BF3NO2. The van der Waals surface area contributed by atoms with E-state index < -0.39 is 19.6 Å². The van der Waals surface area contributed by atoms with Crippen molar-refractivity contribution in [2.75, 3.05) is 0 Å². The molecule has 0 aromatic rings. The van der Waals surface area contributed by atoms with Crippen LogP contribution in [0.25, 0.3) is 0 Å². The Hall–Kier alpha value is -0.715. The molecule has 1 unspecified atom stereocenters. The minimum atomic E-state index is -3.67. The second-order valence-corrected chi connectivity index (χ2v) is 2.36.